The zero-order valence-electron chi connectivity index (χ0n) is 27.5. The van der Waals surface area contributed by atoms with Gasteiger partial charge in [-0.1, -0.05) is 39.9 Å². The van der Waals surface area contributed by atoms with Crippen molar-refractivity contribution in [3.05, 3.63) is 82.0 Å². The highest BCUT2D eigenvalue weighted by molar-refractivity contribution is 9.11. The van der Waals surface area contributed by atoms with Crippen LogP contribution in [0.15, 0.2) is 80.7 Å². The summed E-state index contributed by atoms with van der Waals surface area (Å²) in [6.07, 6.45) is 8.39. The molecule has 50 heavy (non-hydrogen) atoms. The van der Waals surface area contributed by atoms with Gasteiger partial charge in [-0.15, -0.1) is 8.67 Å². The lowest BCUT2D eigenvalue weighted by molar-refractivity contribution is -0.437. The van der Waals surface area contributed by atoms with Gasteiger partial charge in [-0.05, 0) is 74.4 Å². The van der Waals surface area contributed by atoms with Gasteiger partial charge < -0.3 is 4.90 Å². The monoisotopic (exact) mass is 837 g/mol. The standard InChI is InChI=1S/C31H37BrN2O12S4/c1-30(2)24-19-22(48-46-44-36)9-11-26(24)33(15-5-17-47-45-43-35)28(30)13-7-21(32)8-14-29-31(3,4)25-20-23(50(40,41)42)10-12-27(25)34(29)16-6-18-49(37,38)39/h7-14,19-20H,5-6,15-18H2,1-4H3,(H3-,35,36,37,38,39,40,41,42)/p+1. The minimum atomic E-state index is -4.47. The molecule has 2 aliphatic rings. The van der Waals surface area contributed by atoms with Crippen molar-refractivity contribution in [2.24, 2.45) is 0 Å². The minimum Gasteiger partial charge on any atom is -0.344 e. The van der Waals surface area contributed by atoms with Gasteiger partial charge in [-0.25, -0.2) is 10.5 Å². The summed E-state index contributed by atoms with van der Waals surface area (Å²) >= 11 is 5.50. The van der Waals surface area contributed by atoms with Crippen molar-refractivity contribution in [3.8, 4) is 0 Å². The van der Waals surface area contributed by atoms with Gasteiger partial charge in [0.2, 0.25) is 5.69 Å². The molecule has 0 radical (unpaired) electrons. The first-order chi connectivity index (χ1) is 23.4. The van der Waals surface area contributed by atoms with Crippen LogP contribution in [0.25, 0.3) is 0 Å². The molecule has 0 spiro atoms. The van der Waals surface area contributed by atoms with E-state index in [9.17, 15) is 25.9 Å². The first-order valence-corrected chi connectivity index (χ1v) is 20.6. The number of hydrogen-bond donors (Lipinski definition) is 4. The van der Waals surface area contributed by atoms with E-state index < -0.39 is 36.8 Å². The summed E-state index contributed by atoms with van der Waals surface area (Å²) in [5, 5.41) is 24.5. The Labute approximate surface area is 308 Å². The summed E-state index contributed by atoms with van der Waals surface area (Å²) in [4.78, 5) is 2.65. The summed E-state index contributed by atoms with van der Waals surface area (Å²) in [6, 6.07) is 10.1. The van der Waals surface area contributed by atoms with Crippen LogP contribution in [-0.2, 0) is 49.8 Å². The molecule has 19 heteroatoms. The number of benzene rings is 2. The van der Waals surface area contributed by atoms with Gasteiger partial charge in [0.05, 0.1) is 28.1 Å². The third-order valence-electron chi connectivity index (χ3n) is 8.46. The minimum absolute atomic E-state index is 0.108. The topological polar surface area (TPSA) is 192 Å². The zero-order valence-corrected chi connectivity index (χ0v) is 32.3. The zero-order chi connectivity index (χ0) is 36.9. The molecule has 0 atom stereocenters. The number of rotatable bonds is 17. The van der Waals surface area contributed by atoms with Crippen LogP contribution in [0.5, 0.6) is 0 Å². The molecule has 2 aromatic rings. The van der Waals surface area contributed by atoms with Crippen LogP contribution in [0.3, 0.4) is 0 Å². The first kappa shape index (κ1) is 40.7. The van der Waals surface area contributed by atoms with Crippen molar-refractivity contribution < 1.29 is 59.8 Å². The molecule has 0 saturated carbocycles. The number of hydrogen-bond acceptors (Lipinski definition) is 13. The molecule has 0 aromatic heterocycles. The molecule has 274 valence electrons. The Hall–Kier alpha value is -2.11. The number of nitrogens with zero attached hydrogens (tertiary/aromatic N) is 2. The maximum atomic E-state index is 11.9. The van der Waals surface area contributed by atoms with E-state index in [0.29, 0.717) is 34.5 Å². The number of allylic oxidation sites excluding steroid dienone is 6. The first-order valence-electron chi connectivity index (χ1n) is 15.1. The summed E-state index contributed by atoms with van der Waals surface area (Å²) in [5.41, 5.74) is 3.80. The van der Waals surface area contributed by atoms with E-state index in [-0.39, 0.29) is 17.9 Å². The SMILES string of the molecule is CC1(C)C(/C=C/C(Br)=C/C=C2/N(CCCSOOO)c3ccc(SOOO)cc3C2(C)C)=[N+](CCCS(=O)(=O)O)c2ccc(S(=O)(=O)O)cc21. The van der Waals surface area contributed by atoms with Crippen LogP contribution in [0.2, 0.25) is 0 Å². The fourth-order valence-corrected chi connectivity index (χ4v) is 8.19. The Morgan fingerprint density at radius 1 is 0.960 bits per heavy atom. The summed E-state index contributed by atoms with van der Waals surface area (Å²) in [5.74, 6) is 0.0930. The van der Waals surface area contributed by atoms with E-state index in [1.807, 2.05) is 60.9 Å². The highest BCUT2D eigenvalue weighted by Gasteiger charge is 2.45. The van der Waals surface area contributed by atoms with E-state index >= 15 is 0 Å². The number of anilines is 1. The van der Waals surface area contributed by atoms with E-state index in [0.717, 1.165) is 51.6 Å². The van der Waals surface area contributed by atoms with Crippen LogP contribution in [0.4, 0.5) is 11.4 Å². The Bertz CT molecular complexity index is 1930. The Morgan fingerprint density at radius 2 is 1.68 bits per heavy atom. The Kier molecular flexibility index (Phi) is 13.6. The third kappa shape index (κ3) is 9.65. The van der Waals surface area contributed by atoms with Gasteiger partial charge in [0.1, 0.15) is 6.54 Å². The van der Waals surface area contributed by atoms with Crippen LogP contribution in [0.1, 0.15) is 51.7 Å². The predicted octanol–water partition coefficient (Wildman–Crippen LogP) is 6.99. The summed E-state index contributed by atoms with van der Waals surface area (Å²) in [7, 11) is -8.67. The molecule has 2 heterocycles. The second-order valence-electron chi connectivity index (χ2n) is 12.4. The second kappa shape index (κ2) is 16.7. The largest absolute Gasteiger partial charge is 0.344 e. The smallest absolute Gasteiger partial charge is 0.294 e. The van der Waals surface area contributed by atoms with E-state index in [4.69, 9.17) is 10.5 Å². The highest BCUT2D eigenvalue weighted by atomic mass is 79.9. The fraction of sp³-hybridized carbons (Fsp3) is 0.387. The number of fused-ring (bicyclic) bond motifs is 2. The van der Waals surface area contributed by atoms with Crippen molar-refractivity contribution in [2.75, 3.05) is 29.5 Å². The van der Waals surface area contributed by atoms with Crippen LogP contribution in [-0.4, -0.2) is 71.3 Å². The molecule has 4 N–H and O–H groups in total. The molecule has 2 aromatic carbocycles. The van der Waals surface area contributed by atoms with E-state index in [1.165, 1.54) is 12.1 Å². The molecule has 4 rings (SSSR count). The molecular weight excluding hydrogens is 801 g/mol. The predicted molar refractivity (Wildman–Crippen MR) is 194 cm³/mol. The molecule has 0 saturated heterocycles. The average molecular weight is 839 g/mol. The third-order valence-corrected chi connectivity index (χ3v) is 11.8. The summed E-state index contributed by atoms with van der Waals surface area (Å²) < 4.78 is 77.6. The van der Waals surface area contributed by atoms with E-state index in [2.05, 4.69) is 53.4 Å². The van der Waals surface area contributed by atoms with Crippen LogP contribution < -0.4 is 4.90 Å². The maximum absolute atomic E-state index is 11.9. The average Bonchev–Trinajstić information content (AvgIpc) is 3.38. The molecule has 0 aliphatic carbocycles. The van der Waals surface area contributed by atoms with Gasteiger partial charge in [-0.3, -0.25) is 9.11 Å². The second-order valence-corrected chi connectivity index (χ2v) is 17.9. The Morgan fingerprint density at radius 3 is 2.34 bits per heavy atom. The maximum Gasteiger partial charge on any atom is 0.294 e. The van der Waals surface area contributed by atoms with Gasteiger partial charge in [0.25, 0.3) is 20.2 Å². The Balaban J connectivity index is 1.70. The quantitative estimate of drug-likeness (QED) is 0.0242. The normalized spacial score (nSPS) is 18.1. The van der Waals surface area contributed by atoms with Crippen molar-refractivity contribution >= 4 is 77.3 Å². The molecule has 0 bridgehead atoms. The van der Waals surface area contributed by atoms with Gasteiger partial charge in [0, 0.05) is 74.6 Å². The van der Waals surface area contributed by atoms with Crippen molar-refractivity contribution in [1.29, 1.82) is 0 Å². The van der Waals surface area contributed by atoms with Gasteiger partial charge in [0.15, 0.2) is 5.71 Å². The summed E-state index contributed by atoms with van der Waals surface area (Å²) in [6.45, 7) is 8.81. The lowest BCUT2D eigenvalue weighted by atomic mass is 9.81. The molecule has 0 unspecified atom stereocenters. The highest BCUT2D eigenvalue weighted by Crippen LogP contribution is 2.49. The molecular formula is C31H38BrN2O12S4+. The van der Waals surface area contributed by atoms with Crippen molar-refractivity contribution in [3.63, 3.8) is 0 Å². The van der Waals surface area contributed by atoms with E-state index in [1.54, 1.807) is 6.07 Å². The van der Waals surface area contributed by atoms with Gasteiger partial charge >= 0.3 is 0 Å². The van der Waals surface area contributed by atoms with Crippen LogP contribution in [0, 0.1) is 0 Å². The van der Waals surface area contributed by atoms with Gasteiger partial charge in [-0.2, -0.15) is 21.4 Å². The van der Waals surface area contributed by atoms with Crippen molar-refractivity contribution in [1.82, 2.24) is 0 Å². The lowest BCUT2D eigenvalue weighted by Crippen LogP contribution is -2.28. The molecule has 2 aliphatic heterocycles. The lowest BCUT2D eigenvalue weighted by Gasteiger charge is -2.27. The molecule has 14 nitrogen and oxygen atoms in total. The van der Waals surface area contributed by atoms with Crippen LogP contribution >= 0.6 is 40.0 Å². The molecule has 0 fully saturated rings. The fourth-order valence-electron chi connectivity index (χ4n) is 6.17. The molecule has 0 amide bonds. The number of halogens is 1. The van der Waals surface area contributed by atoms with Crippen molar-refractivity contribution in [2.45, 2.75) is 61.2 Å².